The number of carbonyl (C=O) groups excluding carboxylic acids is 1. The highest BCUT2D eigenvalue weighted by Crippen LogP contribution is 2.31. The second-order valence-electron chi connectivity index (χ2n) is 8.28. The summed E-state index contributed by atoms with van der Waals surface area (Å²) in [7, 11) is 1.27. The van der Waals surface area contributed by atoms with Crippen molar-refractivity contribution in [2.45, 2.75) is 12.5 Å². The van der Waals surface area contributed by atoms with Crippen molar-refractivity contribution in [1.29, 1.82) is 0 Å². The van der Waals surface area contributed by atoms with Crippen LogP contribution in [0, 0.1) is 0 Å². The summed E-state index contributed by atoms with van der Waals surface area (Å²) in [5, 5.41) is 19.7. The lowest BCUT2D eigenvalue weighted by molar-refractivity contribution is 0.0600. The molecule has 0 saturated carbocycles. The normalized spacial score (nSPS) is 15.5. The maximum absolute atomic E-state index is 13.5. The molecule has 10 heteroatoms. The highest BCUT2D eigenvalue weighted by Gasteiger charge is 2.31. The van der Waals surface area contributed by atoms with E-state index in [1.165, 1.54) is 18.1 Å². The molecule has 178 valence electrons. The largest absolute Gasteiger partial charge is 0.507 e. The number of carboxylic acid groups (broad SMARTS) is 1. The van der Waals surface area contributed by atoms with Crippen LogP contribution in [-0.4, -0.2) is 61.5 Å². The van der Waals surface area contributed by atoms with Crippen LogP contribution in [0.3, 0.4) is 0 Å². The fraction of sp³-hybridized carbons (Fsp3) is 0.200. The molecule has 1 aliphatic heterocycles. The molecule has 5 rings (SSSR count). The predicted octanol–water partition coefficient (Wildman–Crippen LogP) is 3.27. The summed E-state index contributed by atoms with van der Waals surface area (Å²) >= 11 is 0. The maximum Gasteiger partial charge on any atom is 0.407 e. The van der Waals surface area contributed by atoms with Gasteiger partial charge < -0.3 is 19.8 Å². The molecule has 2 aromatic heterocycles. The van der Waals surface area contributed by atoms with Crippen LogP contribution in [0.2, 0.25) is 0 Å². The Balaban J connectivity index is 1.54. The number of likely N-dealkylation sites (tertiary alicyclic amines) is 1. The lowest BCUT2D eigenvalue weighted by Gasteiger charge is -2.13. The Morgan fingerprint density at radius 3 is 2.54 bits per heavy atom. The summed E-state index contributed by atoms with van der Waals surface area (Å²) in [4.78, 5) is 42.3. The van der Waals surface area contributed by atoms with Gasteiger partial charge in [-0.2, -0.15) is 0 Å². The molecule has 0 spiro atoms. The Bertz CT molecular complexity index is 1500. The van der Waals surface area contributed by atoms with Crippen molar-refractivity contribution in [2.75, 3.05) is 20.2 Å². The second kappa shape index (κ2) is 8.64. The SMILES string of the molecule is COC(=O)c1ccc(-c2ccc(-n3c(=O)n(C4CCN(C(=O)O)C4)c4ncccc43)cc2)c(O)c1. The van der Waals surface area contributed by atoms with Crippen molar-refractivity contribution in [3.05, 3.63) is 76.8 Å². The van der Waals surface area contributed by atoms with Crippen molar-refractivity contribution >= 4 is 23.2 Å². The van der Waals surface area contributed by atoms with Crippen LogP contribution >= 0.6 is 0 Å². The van der Waals surface area contributed by atoms with Gasteiger partial charge in [-0.25, -0.2) is 19.4 Å². The predicted molar refractivity (Wildman–Crippen MR) is 127 cm³/mol. The lowest BCUT2D eigenvalue weighted by atomic mass is 10.0. The summed E-state index contributed by atoms with van der Waals surface area (Å²) in [5.74, 6) is -0.608. The highest BCUT2D eigenvalue weighted by molar-refractivity contribution is 5.91. The van der Waals surface area contributed by atoms with Gasteiger partial charge in [-0.3, -0.25) is 9.13 Å². The molecule has 2 aromatic carbocycles. The number of methoxy groups -OCH3 is 1. The van der Waals surface area contributed by atoms with Gasteiger partial charge in [0.1, 0.15) is 5.75 Å². The minimum absolute atomic E-state index is 0.0668. The molecule has 0 bridgehead atoms. The van der Waals surface area contributed by atoms with Crippen molar-refractivity contribution in [1.82, 2.24) is 19.0 Å². The number of rotatable bonds is 4. The van der Waals surface area contributed by atoms with Crippen LogP contribution in [0.5, 0.6) is 5.75 Å². The molecule has 4 aromatic rings. The smallest absolute Gasteiger partial charge is 0.407 e. The topological polar surface area (TPSA) is 127 Å². The van der Waals surface area contributed by atoms with Crippen LogP contribution in [0.4, 0.5) is 4.79 Å². The van der Waals surface area contributed by atoms with Crippen LogP contribution in [0.1, 0.15) is 22.8 Å². The van der Waals surface area contributed by atoms with Crippen LogP contribution < -0.4 is 5.69 Å². The van der Waals surface area contributed by atoms with Gasteiger partial charge in [-0.05, 0) is 54.4 Å². The minimum atomic E-state index is -1.00. The van der Waals surface area contributed by atoms with Gasteiger partial charge in [0.2, 0.25) is 0 Å². The Kier molecular flexibility index (Phi) is 5.48. The quantitative estimate of drug-likeness (QED) is 0.435. The molecule has 2 N–H and O–H groups in total. The number of hydrogen-bond acceptors (Lipinski definition) is 6. The molecule has 0 aliphatic carbocycles. The number of amides is 1. The Hall–Kier alpha value is -4.60. The molecule has 3 heterocycles. The molecule has 0 radical (unpaired) electrons. The van der Waals surface area contributed by atoms with Gasteiger partial charge >= 0.3 is 17.8 Å². The molecule has 1 saturated heterocycles. The number of esters is 1. The first kappa shape index (κ1) is 22.2. The number of nitrogens with zero attached hydrogens (tertiary/aromatic N) is 4. The molecular formula is C25H22N4O6. The first-order valence-electron chi connectivity index (χ1n) is 11.0. The number of hydrogen-bond donors (Lipinski definition) is 2. The number of benzene rings is 2. The van der Waals surface area contributed by atoms with Gasteiger partial charge in [-0.1, -0.05) is 12.1 Å². The third kappa shape index (κ3) is 3.78. The van der Waals surface area contributed by atoms with Crippen LogP contribution in [0.15, 0.2) is 65.6 Å². The number of fused-ring (bicyclic) bond motifs is 1. The van der Waals surface area contributed by atoms with E-state index in [1.54, 1.807) is 63.9 Å². The summed E-state index contributed by atoms with van der Waals surface area (Å²) in [6, 6.07) is 14.9. The van der Waals surface area contributed by atoms with Crippen molar-refractivity contribution in [3.63, 3.8) is 0 Å². The third-order valence-electron chi connectivity index (χ3n) is 6.29. The maximum atomic E-state index is 13.5. The fourth-order valence-electron chi connectivity index (χ4n) is 4.57. The van der Waals surface area contributed by atoms with Gasteiger partial charge in [0.05, 0.1) is 29.9 Å². The molecule has 1 amide bonds. The molecule has 1 atom stereocenters. The number of phenols is 1. The first-order valence-corrected chi connectivity index (χ1v) is 11.0. The third-order valence-corrected chi connectivity index (χ3v) is 6.29. The molecule has 10 nitrogen and oxygen atoms in total. The minimum Gasteiger partial charge on any atom is -0.507 e. The molecule has 35 heavy (non-hydrogen) atoms. The monoisotopic (exact) mass is 474 g/mol. The highest BCUT2D eigenvalue weighted by atomic mass is 16.5. The molecule has 1 fully saturated rings. The summed E-state index contributed by atoms with van der Waals surface area (Å²) in [6.07, 6.45) is 1.13. The Labute approximate surface area is 199 Å². The standard InChI is InChI=1S/C25H22N4O6/c1-35-23(31)16-6-9-19(21(30)13-16)15-4-7-17(8-5-15)28-20-3-2-11-26-22(20)29(24(28)32)18-10-12-27(14-18)25(33)34/h2-9,11,13,18,30H,10,12,14H2,1H3,(H,33,34). The molecule has 1 aliphatic rings. The van der Waals surface area contributed by atoms with Crippen molar-refractivity contribution in [2.24, 2.45) is 0 Å². The summed E-state index contributed by atoms with van der Waals surface area (Å²) in [5.41, 5.74) is 2.89. The van der Waals surface area contributed by atoms with E-state index in [0.717, 1.165) is 0 Å². The van der Waals surface area contributed by atoms with E-state index >= 15 is 0 Å². The van der Waals surface area contributed by atoms with Gasteiger partial charge in [0, 0.05) is 24.8 Å². The number of imidazole rings is 1. The number of aromatic nitrogens is 3. The van der Waals surface area contributed by atoms with E-state index < -0.39 is 12.1 Å². The molecular weight excluding hydrogens is 452 g/mol. The van der Waals surface area contributed by atoms with Crippen LogP contribution in [0.25, 0.3) is 28.0 Å². The average molecular weight is 474 g/mol. The first-order chi connectivity index (χ1) is 16.9. The van der Waals surface area contributed by atoms with E-state index in [0.29, 0.717) is 40.9 Å². The zero-order valence-electron chi connectivity index (χ0n) is 18.8. The van der Waals surface area contributed by atoms with E-state index in [2.05, 4.69) is 9.72 Å². The van der Waals surface area contributed by atoms with Gasteiger partial charge in [0.25, 0.3) is 0 Å². The number of ether oxygens (including phenoxy) is 1. The molecule has 1 unspecified atom stereocenters. The summed E-state index contributed by atoms with van der Waals surface area (Å²) < 4.78 is 7.81. The lowest BCUT2D eigenvalue weighted by Crippen LogP contribution is -2.31. The Morgan fingerprint density at radius 2 is 1.89 bits per heavy atom. The van der Waals surface area contributed by atoms with E-state index in [9.17, 15) is 24.6 Å². The van der Waals surface area contributed by atoms with Crippen LogP contribution in [-0.2, 0) is 4.74 Å². The number of aromatic hydroxyl groups is 1. The zero-order chi connectivity index (χ0) is 24.7. The number of carbonyl (C=O) groups is 2. The Morgan fingerprint density at radius 1 is 1.11 bits per heavy atom. The summed E-state index contributed by atoms with van der Waals surface area (Å²) in [6.45, 7) is 0.587. The van der Waals surface area contributed by atoms with E-state index in [-0.39, 0.29) is 29.6 Å². The van der Waals surface area contributed by atoms with Crippen molar-refractivity contribution < 1.29 is 24.5 Å². The zero-order valence-corrected chi connectivity index (χ0v) is 18.8. The number of pyridine rings is 1. The second-order valence-corrected chi connectivity index (χ2v) is 8.28. The number of phenolic OH excluding ortho intramolecular Hbond substituents is 1. The van der Waals surface area contributed by atoms with Gasteiger partial charge in [0.15, 0.2) is 5.65 Å². The van der Waals surface area contributed by atoms with E-state index in [4.69, 9.17) is 0 Å². The van der Waals surface area contributed by atoms with E-state index in [1.807, 2.05) is 0 Å². The van der Waals surface area contributed by atoms with Crippen molar-refractivity contribution in [3.8, 4) is 22.6 Å². The van der Waals surface area contributed by atoms with Gasteiger partial charge in [-0.15, -0.1) is 0 Å². The average Bonchev–Trinajstić information content (AvgIpc) is 3.46. The fourth-order valence-corrected chi connectivity index (χ4v) is 4.57.